The molecule has 0 unspecified atom stereocenters. The second-order valence-electron chi connectivity index (χ2n) is 8.25. The predicted molar refractivity (Wildman–Crippen MR) is 123 cm³/mol. The van der Waals surface area contributed by atoms with Crippen molar-refractivity contribution in [1.29, 1.82) is 0 Å². The summed E-state index contributed by atoms with van der Waals surface area (Å²) in [6.45, 7) is 6.16. The molecule has 2 N–H and O–H groups in total. The quantitative estimate of drug-likeness (QED) is 0.627. The third kappa shape index (κ3) is 6.31. The maximum absolute atomic E-state index is 12.3. The number of rotatable bonds is 9. The van der Waals surface area contributed by atoms with Crippen LogP contribution in [0, 0.1) is 6.92 Å². The van der Waals surface area contributed by atoms with E-state index in [1.54, 1.807) is 6.07 Å². The minimum atomic E-state index is -0.452. The summed E-state index contributed by atoms with van der Waals surface area (Å²) in [5, 5.41) is 0. The van der Waals surface area contributed by atoms with Gasteiger partial charge in [0.1, 0.15) is 5.75 Å². The number of ether oxygens (including phenoxy) is 1. The minimum Gasteiger partial charge on any atom is -0.493 e. The van der Waals surface area contributed by atoms with E-state index in [-0.39, 0.29) is 5.91 Å². The zero-order chi connectivity index (χ0) is 22.2. The number of carbonyl (C=O) groups is 2. The number of carbonyl (C=O) groups excluding carboxylic acids is 2. The van der Waals surface area contributed by atoms with Gasteiger partial charge in [-0.05, 0) is 56.5 Å². The number of amides is 2. The number of hydrogen-bond acceptors (Lipinski definition) is 4. The van der Waals surface area contributed by atoms with Crippen LogP contribution in [-0.4, -0.2) is 61.4 Å². The summed E-state index contributed by atoms with van der Waals surface area (Å²) in [6.07, 6.45) is 3.30. The van der Waals surface area contributed by atoms with Gasteiger partial charge in [0, 0.05) is 43.7 Å². The Bertz CT molecular complexity index is 905. The van der Waals surface area contributed by atoms with Crippen LogP contribution in [-0.2, 0) is 4.79 Å². The van der Waals surface area contributed by atoms with E-state index in [1.165, 1.54) is 0 Å². The molecule has 31 heavy (non-hydrogen) atoms. The van der Waals surface area contributed by atoms with Crippen molar-refractivity contribution in [3.63, 3.8) is 0 Å². The van der Waals surface area contributed by atoms with E-state index >= 15 is 0 Å². The highest BCUT2D eigenvalue weighted by molar-refractivity contribution is 6.00. The fraction of sp³-hybridized carbons (Fsp3) is 0.440. The maximum Gasteiger partial charge on any atom is 0.249 e. The molecule has 0 radical (unpaired) electrons. The van der Waals surface area contributed by atoms with Crippen molar-refractivity contribution >= 4 is 11.8 Å². The molecule has 0 aromatic heterocycles. The SMILES string of the molecule is Cc1ccc(-c2ccccc2C(N)=O)c(OCCCCCC(=O)N2CCN(C)CC2)c1. The van der Waals surface area contributed by atoms with Gasteiger partial charge in [0.2, 0.25) is 11.8 Å². The number of hydrogen-bond donors (Lipinski definition) is 1. The maximum atomic E-state index is 12.3. The Morgan fingerprint density at radius 2 is 1.71 bits per heavy atom. The molecule has 6 heteroatoms. The molecule has 2 aromatic rings. The number of nitrogens with zero attached hydrogens (tertiary/aromatic N) is 2. The van der Waals surface area contributed by atoms with Crippen LogP contribution in [0.15, 0.2) is 42.5 Å². The Labute approximate surface area is 185 Å². The molecule has 6 nitrogen and oxygen atoms in total. The van der Waals surface area contributed by atoms with Gasteiger partial charge < -0.3 is 20.3 Å². The van der Waals surface area contributed by atoms with Crippen LogP contribution < -0.4 is 10.5 Å². The number of aryl methyl sites for hydroxylation is 1. The molecular formula is C25H33N3O3. The van der Waals surface area contributed by atoms with E-state index in [2.05, 4.69) is 11.9 Å². The lowest BCUT2D eigenvalue weighted by Crippen LogP contribution is -2.47. The second-order valence-corrected chi connectivity index (χ2v) is 8.25. The molecule has 166 valence electrons. The average Bonchev–Trinajstić information content (AvgIpc) is 2.76. The van der Waals surface area contributed by atoms with Gasteiger partial charge in [0.05, 0.1) is 6.61 Å². The van der Waals surface area contributed by atoms with E-state index in [4.69, 9.17) is 10.5 Å². The highest BCUT2D eigenvalue weighted by atomic mass is 16.5. The van der Waals surface area contributed by atoms with Crippen LogP contribution in [0.1, 0.15) is 41.6 Å². The lowest BCUT2D eigenvalue weighted by Gasteiger charge is -2.32. The van der Waals surface area contributed by atoms with Crippen LogP contribution in [0.25, 0.3) is 11.1 Å². The third-order valence-electron chi connectivity index (χ3n) is 5.77. The zero-order valence-electron chi connectivity index (χ0n) is 18.6. The molecule has 1 fully saturated rings. The Hall–Kier alpha value is -2.86. The Balaban J connectivity index is 1.51. The minimum absolute atomic E-state index is 0.262. The van der Waals surface area contributed by atoms with Gasteiger partial charge in [-0.25, -0.2) is 0 Å². The summed E-state index contributed by atoms with van der Waals surface area (Å²) in [7, 11) is 2.09. The van der Waals surface area contributed by atoms with Gasteiger partial charge in [0.15, 0.2) is 0 Å². The molecule has 0 aliphatic carbocycles. The van der Waals surface area contributed by atoms with Crippen LogP contribution in [0.3, 0.4) is 0 Å². The van der Waals surface area contributed by atoms with Crippen molar-refractivity contribution in [2.24, 2.45) is 5.73 Å². The first kappa shape index (κ1) is 22.8. The van der Waals surface area contributed by atoms with E-state index < -0.39 is 5.91 Å². The molecule has 2 amide bonds. The number of benzene rings is 2. The van der Waals surface area contributed by atoms with Crippen LogP contribution in [0.5, 0.6) is 5.75 Å². The van der Waals surface area contributed by atoms with Crippen molar-refractivity contribution in [3.8, 4) is 16.9 Å². The number of unbranched alkanes of at least 4 members (excludes halogenated alkanes) is 2. The van der Waals surface area contributed by atoms with Gasteiger partial charge in [-0.2, -0.15) is 0 Å². The standard InChI is InChI=1S/C25H33N3O3/c1-19-11-12-21(20-8-5-6-9-22(20)25(26)30)23(18-19)31-17-7-3-4-10-24(29)28-15-13-27(2)14-16-28/h5-6,8-9,11-12,18H,3-4,7,10,13-17H2,1-2H3,(H2,26,30). The lowest BCUT2D eigenvalue weighted by molar-refractivity contribution is -0.132. The largest absolute Gasteiger partial charge is 0.493 e. The molecule has 0 saturated carbocycles. The van der Waals surface area contributed by atoms with Crippen molar-refractivity contribution < 1.29 is 14.3 Å². The molecule has 0 atom stereocenters. The summed E-state index contributed by atoms with van der Waals surface area (Å²) < 4.78 is 6.09. The molecule has 3 rings (SSSR count). The Morgan fingerprint density at radius 3 is 2.45 bits per heavy atom. The van der Waals surface area contributed by atoms with E-state index in [1.807, 2.05) is 48.2 Å². The summed E-state index contributed by atoms with van der Waals surface area (Å²) in [5.74, 6) is 0.562. The molecule has 0 spiro atoms. The molecule has 1 aliphatic rings. The summed E-state index contributed by atoms with van der Waals surface area (Å²) in [6, 6.07) is 13.3. The smallest absolute Gasteiger partial charge is 0.249 e. The van der Waals surface area contributed by atoms with E-state index in [9.17, 15) is 9.59 Å². The average molecular weight is 424 g/mol. The van der Waals surface area contributed by atoms with Gasteiger partial charge >= 0.3 is 0 Å². The number of piperazine rings is 1. The van der Waals surface area contributed by atoms with Gasteiger partial charge in [-0.15, -0.1) is 0 Å². The summed E-state index contributed by atoms with van der Waals surface area (Å²) in [4.78, 5) is 28.4. The van der Waals surface area contributed by atoms with Gasteiger partial charge in [0.25, 0.3) is 0 Å². The first-order chi connectivity index (χ1) is 15.0. The van der Waals surface area contributed by atoms with Crippen LogP contribution in [0.2, 0.25) is 0 Å². The first-order valence-electron chi connectivity index (χ1n) is 11.0. The number of primary amides is 1. The molecule has 2 aromatic carbocycles. The van der Waals surface area contributed by atoms with E-state index in [0.29, 0.717) is 18.6 Å². The van der Waals surface area contributed by atoms with Crippen molar-refractivity contribution in [2.45, 2.75) is 32.6 Å². The van der Waals surface area contributed by atoms with Gasteiger partial charge in [-0.1, -0.05) is 30.3 Å². The van der Waals surface area contributed by atoms with Gasteiger partial charge in [-0.3, -0.25) is 9.59 Å². The lowest BCUT2D eigenvalue weighted by atomic mass is 9.97. The third-order valence-corrected chi connectivity index (χ3v) is 5.77. The Kier molecular flexibility index (Phi) is 8.06. The van der Waals surface area contributed by atoms with E-state index in [0.717, 1.165) is 67.9 Å². The second kappa shape index (κ2) is 11.0. The topological polar surface area (TPSA) is 75.9 Å². The number of nitrogens with two attached hydrogens (primary N) is 1. The van der Waals surface area contributed by atoms with Crippen molar-refractivity contribution in [1.82, 2.24) is 9.80 Å². The number of likely N-dealkylation sites (N-methyl/N-ethyl adjacent to an activating group) is 1. The molecule has 0 bridgehead atoms. The fourth-order valence-corrected chi connectivity index (χ4v) is 3.86. The fourth-order valence-electron chi connectivity index (χ4n) is 3.86. The first-order valence-corrected chi connectivity index (χ1v) is 11.0. The zero-order valence-corrected chi connectivity index (χ0v) is 18.6. The van der Waals surface area contributed by atoms with Crippen LogP contribution >= 0.6 is 0 Å². The molecular weight excluding hydrogens is 390 g/mol. The van der Waals surface area contributed by atoms with Crippen molar-refractivity contribution in [3.05, 3.63) is 53.6 Å². The highest BCUT2D eigenvalue weighted by Gasteiger charge is 2.18. The predicted octanol–water partition coefficient (Wildman–Crippen LogP) is 3.47. The monoisotopic (exact) mass is 423 g/mol. The molecule has 1 heterocycles. The normalized spacial score (nSPS) is 14.5. The van der Waals surface area contributed by atoms with Crippen LogP contribution in [0.4, 0.5) is 0 Å². The highest BCUT2D eigenvalue weighted by Crippen LogP contribution is 2.33. The van der Waals surface area contributed by atoms with Crippen molar-refractivity contribution in [2.75, 3.05) is 39.8 Å². The summed E-state index contributed by atoms with van der Waals surface area (Å²) in [5.41, 5.74) is 8.78. The molecule has 1 saturated heterocycles. The summed E-state index contributed by atoms with van der Waals surface area (Å²) >= 11 is 0. The molecule has 1 aliphatic heterocycles. The Morgan fingerprint density at radius 1 is 0.968 bits per heavy atom.